The number of carbonyl (C=O) groups excluding carboxylic acids is 2. The number of hydrogen-bond donors (Lipinski definition) is 3. The summed E-state index contributed by atoms with van der Waals surface area (Å²) in [5.74, 6) is -0.343. The van der Waals surface area contributed by atoms with Crippen molar-refractivity contribution in [2.24, 2.45) is 0 Å². The molecule has 0 aliphatic heterocycles. The summed E-state index contributed by atoms with van der Waals surface area (Å²) < 4.78 is 5.36. The van der Waals surface area contributed by atoms with Crippen LogP contribution in [-0.4, -0.2) is 28.6 Å². The molecule has 7 nitrogen and oxygen atoms in total. The molecule has 0 aliphatic rings. The lowest BCUT2D eigenvalue weighted by atomic mass is 10.1. The number of amides is 2. The van der Waals surface area contributed by atoms with E-state index in [4.69, 9.17) is 4.74 Å². The molecule has 0 aliphatic carbocycles. The SMILES string of the molecule is CCOc1cccc(C(=O)NNC(=O)c2cc(-c3ccccc3)n[nH]2)c1. The molecule has 2 aromatic carbocycles. The van der Waals surface area contributed by atoms with Gasteiger partial charge in [-0.05, 0) is 31.2 Å². The molecule has 0 atom stereocenters. The van der Waals surface area contributed by atoms with E-state index in [0.717, 1.165) is 5.56 Å². The van der Waals surface area contributed by atoms with Crippen molar-refractivity contribution in [3.63, 3.8) is 0 Å². The summed E-state index contributed by atoms with van der Waals surface area (Å²) in [4.78, 5) is 24.3. The second kappa shape index (κ2) is 7.98. The minimum Gasteiger partial charge on any atom is -0.494 e. The van der Waals surface area contributed by atoms with Gasteiger partial charge < -0.3 is 4.74 Å². The summed E-state index contributed by atoms with van der Waals surface area (Å²) in [6.45, 7) is 2.37. The first kappa shape index (κ1) is 17.2. The summed E-state index contributed by atoms with van der Waals surface area (Å²) in [6.07, 6.45) is 0. The van der Waals surface area contributed by atoms with Crippen LogP contribution in [0.5, 0.6) is 5.75 Å². The Morgan fingerprint density at radius 2 is 1.77 bits per heavy atom. The lowest BCUT2D eigenvalue weighted by molar-refractivity contribution is 0.0843. The van der Waals surface area contributed by atoms with Gasteiger partial charge in [0.05, 0.1) is 12.3 Å². The normalized spacial score (nSPS) is 10.2. The number of nitrogens with one attached hydrogen (secondary N) is 3. The van der Waals surface area contributed by atoms with Gasteiger partial charge in [0.15, 0.2) is 0 Å². The lowest BCUT2D eigenvalue weighted by Crippen LogP contribution is -2.41. The van der Waals surface area contributed by atoms with E-state index in [9.17, 15) is 9.59 Å². The molecule has 3 rings (SSSR count). The predicted octanol–water partition coefficient (Wildman–Crippen LogP) is 2.55. The Balaban J connectivity index is 1.61. The second-order valence-electron chi connectivity index (χ2n) is 5.40. The van der Waals surface area contributed by atoms with E-state index in [-0.39, 0.29) is 5.69 Å². The third-order valence-electron chi connectivity index (χ3n) is 3.59. The number of hydrogen-bond acceptors (Lipinski definition) is 4. The van der Waals surface area contributed by atoms with Gasteiger partial charge in [-0.2, -0.15) is 5.10 Å². The first-order chi connectivity index (χ1) is 12.7. The van der Waals surface area contributed by atoms with Crippen molar-refractivity contribution < 1.29 is 14.3 Å². The molecule has 0 fully saturated rings. The van der Waals surface area contributed by atoms with Gasteiger partial charge in [-0.25, -0.2) is 0 Å². The van der Waals surface area contributed by atoms with E-state index in [2.05, 4.69) is 21.0 Å². The fraction of sp³-hybridized carbons (Fsp3) is 0.105. The Labute approximate surface area is 150 Å². The Bertz CT molecular complexity index is 906. The highest BCUT2D eigenvalue weighted by Gasteiger charge is 2.13. The molecule has 0 radical (unpaired) electrons. The van der Waals surface area contributed by atoms with Crippen molar-refractivity contribution in [1.82, 2.24) is 21.0 Å². The number of benzene rings is 2. The Hall–Kier alpha value is -3.61. The molecular weight excluding hydrogens is 332 g/mol. The number of nitrogens with zero attached hydrogens (tertiary/aromatic N) is 1. The van der Waals surface area contributed by atoms with E-state index in [1.807, 2.05) is 37.3 Å². The maximum Gasteiger partial charge on any atom is 0.287 e. The lowest BCUT2D eigenvalue weighted by Gasteiger charge is -2.08. The molecule has 2 amide bonds. The molecule has 1 aromatic heterocycles. The molecule has 3 aromatic rings. The average molecular weight is 350 g/mol. The summed E-state index contributed by atoms with van der Waals surface area (Å²) in [6, 6.07) is 17.8. The van der Waals surface area contributed by atoms with Gasteiger partial charge in [-0.15, -0.1) is 0 Å². The Kier molecular flexibility index (Phi) is 5.28. The quantitative estimate of drug-likeness (QED) is 0.616. The van der Waals surface area contributed by atoms with Crippen molar-refractivity contribution in [3.05, 3.63) is 71.9 Å². The minimum atomic E-state index is -0.492. The number of rotatable bonds is 5. The molecule has 0 saturated carbocycles. The van der Waals surface area contributed by atoms with Crippen molar-refractivity contribution in [3.8, 4) is 17.0 Å². The van der Waals surface area contributed by atoms with E-state index >= 15 is 0 Å². The predicted molar refractivity (Wildman–Crippen MR) is 96.6 cm³/mol. The van der Waals surface area contributed by atoms with Gasteiger partial charge in [0.2, 0.25) is 0 Å². The molecular formula is C19H18N4O3. The number of hydrazine groups is 1. The van der Waals surface area contributed by atoms with Crippen LogP contribution in [0.1, 0.15) is 27.8 Å². The van der Waals surface area contributed by atoms with Crippen molar-refractivity contribution in [2.75, 3.05) is 6.61 Å². The highest BCUT2D eigenvalue weighted by molar-refractivity contribution is 5.98. The zero-order valence-corrected chi connectivity index (χ0v) is 14.2. The third kappa shape index (κ3) is 4.07. The summed E-state index contributed by atoms with van der Waals surface area (Å²) >= 11 is 0. The van der Waals surface area contributed by atoms with Crippen LogP contribution in [0.3, 0.4) is 0 Å². The zero-order chi connectivity index (χ0) is 18.4. The molecule has 0 unspecified atom stereocenters. The van der Waals surface area contributed by atoms with Crippen LogP contribution in [0.25, 0.3) is 11.3 Å². The zero-order valence-electron chi connectivity index (χ0n) is 14.2. The number of aromatic nitrogens is 2. The number of ether oxygens (including phenoxy) is 1. The highest BCUT2D eigenvalue weighted by atomic mass is 16.5. The van der Waals surface area contributed by atoms with Gasteiger partial charge in [0, 0.05) is 11.1 Å². The molecule has 26 heavy (non-hydrogen) atoms. The van der Waals surface area contributed by atoms with Crippen LogP contribution >= 0.6 is 0 Å². The first-order valence-electron chi connectivity index (χ1n) is 8.11. The number of H-pyrrole nitrogens is 1. The minimum absolute atomic E-state index is 0.243. The smallest absolute Gasteiger partial charge is 0.287 e. The van der Waals surface area contributed by atoms with Gasteiger partial charge in [0.25, 0.3) is 11.8 Å². The monoisotopic (exact) mass is 350 g/mol. The van der Waals surface area contributed by atoms with E-state index < -0.39 is 11.8 Å². The summed E-state index contributed by atoms with van der Waals surface area (Å²) in [5, 5.41) is 6.77. The highest BCUT2D eigenvalue weighted by Crippen LogP contribution is 2.16. The van der Waals surface area contributed by atoms with Gasteiger partial charge in [0.1, 0.15) is 11.4 Å². The topological polar surface area (TPSA) is 96.1 Å². The Morgan fingerprint density at radius 1 is 1.00 bits per heavy atom. The summed E-state index contributed by atoms with van der Waals surface area (Å²) in [5.41, 5.74) is 6.89. The second-order valence-corrected chi connectivity index (χ2v) is 5.40. The maximum atomic E-state index is 12.2. The van der Waals surface area contributed by atoms with E-state index in [1.165, 1.54) is 0 Å². The standard InChI is InChI=1S/C19H18N4O3/c1-2-26-15-10-6-9-14(11-15)18(24)22-23-19(25)17-12-16(20-21-17)13-7-4-3-5-8-13/h3-12H,2H2,1H3,(H,20,21)(H,22,24)(H,23,25). The fourth-order valence-corrected chi connectivity index (χ4v) is 2.34. The van der Waals surface area contributed by atoms with Crippen LogP contribution in [-0.2, 0) is 0 Å². The summed E-state index contributed by atoms with van der Waals surface area (Å²) in [7, 11) is 0. The van der Waals surface area contributed by atoms with Crippen molar-refractivity contribution >= 4 is 11.8 Å². The van der Waals surface area contributed by atoms with E-state index in [0.29, 0.717) is 23.6 Å². The third-order valence-corrected chi connectivity index (χ3v) is 3.59. The molecule has 0 saturated heterocycles. The van der Waals surface area contributed by atoms with Crippen molar-refractivity contribution in [2.45, 2.75) is 6.92 Å². The van der Waals surface area contributed by atoms with E-state index in [1.54, 1.807) is 30.3 Å². The van der Waals surface area contributed by atoms with Crippen LogP contribution in [0.15, 0.2) is 60.7 Å². The van der Waals surface area contributed by atoms with Crippen LogP contribution < -0.4 is 15.6 Å². The molecule has 132 valence electrons. The van der Waals surface area contributed by atoms with Gasteiger partial charge in [-0.1, -0.05) is 36.4 Å². The van der Waals surface area contributed by atoms with Crippen LogP contribution in [0.4, 0.5) is 0 Å². The maximum absolute atomic E-state index is 12.2. The first-order valence-corrected chi connectivity index (χ1v) is 8.11. The van der Waals surface area contributed by atoms with Crippen LogP contribution in [0.2, 0.25) is 0 Å². The molecule has 7 heteroatoms. The average Bonchev–Trinajstić information content (AvgIpc) is 3.17. The van der Waals surface area contributed by atoms with Crippen LogP contribution in [0, 0.1) is 0 Å². The fourth-order valence-electron chi connectivity index (χ4n) is 2.34. The molecule has 0 spiro atoms. The number of carbonyl (C=O) groups is 2. The van der Waals surface area contributed by atoms with Crippen molar-refractivity contribution in [1.29, 1.82) is 0 Å². The molecule has 3 N–H and O–H groups in total. The van der Waals surface area contributed by atoms with Gasteiger partial charge in [-0.3, -0.25) is 25.5 Å². The van der Waals surface area contributed by atoms with Gasteiger partial charge >= 0.3 is 0 Å². The Morgan fingerprint density at radius 3 is 2.54 bits per heavy atom. The molecule has 0 bridgehead atoms. The number of aromatic amines is 1. The largest absolute Gasteiger partial charge is 0.494 e. The molecule has 1 heterocycles.